The van der Waals surface area contributed by atoms with E-state index in [0.29, 0.717) is 65.1 Å². The first-order valence-corrected chi connectivity index (χ1v) is 40.9. The molecular weight excluding hydrogens is 1510 g/mol. The zero-order valence-corrected chi connectivity index (χ0v) is 65.8. The molecule has 0 atom stereocenters. The third-order valence-electron chi connectivity index (χ3n) is 19.8. The van der Waals surface area contributed by atoms with Crippen molar-refractivity contribution in [3.8, 4) is 0 Å². The van der Waals surface area contributed by atoms with Gasteiger partial charge in [-0.3, -0.25) is 19.2 Å². The summed E-state index contributed by atoms with van der Waals surface area (Å²) in [6, 6.07) is 33.7. The minimum absolute atomic E-state index is 0.0640. The van der Waals surface area contributed by atoms with Crippen LogP contribution in [0.1, 0.15) is 72.0 Å². The van der Waals surface area contributed by atoms with Crippen molar-refractivity contribution in [3.63, 3.8) is 0 Å². The van der Waals surface area contributed by atoms with Gasteiger partial charge in [0.1, 0.15) is 103 Å². The lowest BCUT2D eigenvalue weighted by atomic mass is 10.1. The van der Waals surface area contributed by atoms with E-state index < -0.39 is 18.5 Å². The SMILES string of the molecule is CCc1cc2c(N3CCN(C(=O)CC(F)(F)F)CC3)ncnc2s1.CCc1cc2c(N3CCN(C(=O)CCCOn4nnc5ccccc54)CC3)ncnc2s1.CCc1cc2c(N3CCN(C(=O)COn4nnc5ccccc54)CC3)ncnc2s1.CCc1cc2c(N3CCN(C(=O)Cc4ccccc4)CC3)ncnc2s1. The lowest BCUT2D eigenvalue weighted by Crippen LogP contribution is -2.50. The summed E-state index contributed by atoms with van der Waals surface area (Å²) < 4.78 is 37.0. The van der Waals surface area contributed by atoms with Crippen LogP contribution in [0.3, 0.4) is 0 Å². The van der Waals surface area contributed by atoms with E-state index in [4.69, 9.17) is 9.68 Å². The molecule has 35 heteroatoms. The van der Waals surface area contributed by atoms with Gasteiger partial charge in [-0.15, -0.1) is 55.5 Å². The first-order valence-electron chi connectivity index (χ1n) is 37.6. The number of para-hydroxylation sites is 2. The highest BCUT2D eigenvalue weighted by molar-refractivity contribution is 7.19. The highest BCUT2D eigenvalue weighted by Crippen LogP contribution is 2.36. The minimum atomic E-state index is -4.46. The number of anilines is 4. The first-order chi connectivity index (χ1) is 54.6. The van der Waals surface area contributed by atoms with Gasteiger partial charge in [-0.05, 0) is 96.6 Å². The molecule has 0 N–H and O–H groups in total. The second-order valence-corrected chi connectivity index (χ2v) is 31.4. The lowest BCUT2D eigenvalue weighted by Gasteiger charge is -2.35. The molecular formula is C77H85F3N22O6S4. The molecule has 17 rings (SSSR count). The molecule has 584 valence electrons. The van der Waals surface area contributed by atoms with Gasteiger partial charge in [0.25, 0.3) is 5.91 Å². The maximum atomic E-state index is 12.7. The number of fused-ring (bicyclic) bond motifs is 6. The van der Waals surface area contributed by atoms with Crippen LogP contribution < -0.4 is 29.3 Å². The molecule has 4 aliphatic heterocycles. The fraction of sp³-hybridized carbons (Fsp3) is 0.403. The van der Waals surface area contributed by atoms with Crippen LogP contribution in [0.5, 0.6) is 0 Å². The van der Waals surface area contributed by atoms with Crippen LogP contribution in [-0.2, 0) is 51.3 Å². The van der Waals surface area contributed by atoms with E-state index in [-0.39, 0.29) is 37.4 Å². The highest BCUT2D eigenvalue weighted by atomic mass is 32.1. The molecule has 0 radical (unpaired) electrons. The largest absolute Gasteiger partial charge is 0.397 e. The number of halogens is 3. The van der Waals surface area contributed by atoms with Crippen molar-refractivity contribution in [3.05, 3.63) is 154 Å². The number of aryl methyl sites for hydroxylation is 4. The number of hydrogen-bond donors (Lipinski definition) is 0. The van der Waals surface area contributed by atoms with Crippen molar-refractivity contribution in [2.45, 2.75) is 85.2 Å². The zero-order valence-electron chi connectivity index (χ0n) is 62.6. The summed E-state index contributed by atoms with van der Waals surface area (Å²) in [7, 11) is 0. The van der Waals surface area contributed by atoms with Crippen molar-refractivity contribution in [2.75, 3.05) is 138 Å². The third kappa shape index (κ3) is 18.7. The quantitative estimate of drug-likeness (QED) is 0.0680. The molecule has 10 aromatic heterocycles. The highest BCUT2D eigenvalue weighted by Gasteiger charge is 2.35. The number of aromatic nitrogens is 14. The van der Waals surface area contributed by atoms with Crippen LogP contribution in [0.15, 0.2) is 128 Å². The van der Waals surface area contributed by atoms with Gasteiger partial charge in [0.05, 0.1) is 28.0 Å². The summed E-state index contributed by atoms with van der Waals surface area (Å²) in [5.41, 5.74) is 4.16. The molecule has 112 heavy (non-hydrogen) atoms. The molecule has 0 saturated carbocycles. The van der Waals surface area contributed by atoms with E-state index in [9.17, 15) is 32.3 Å². The molecule has 4 saturated heterocycles. The fourth-order valence-corrected chi connectivity index (χ4v) is 17.5. The van der Waals surface area contributed by atoms with E-state index >= 15 is 0 Å². The fourth-order valence-electron chi connectivity index (χ4n) is 13.7. The van der Waals surface area contributed by atoms with Gasteiger partial charge in [0, 0.05) is 131 Å². The van der Waals surface area contributed by atoms with E-state index in [1.807, 2.05) is 98.5 Å². The number of amides is 4. The van der Waals surface area contributed by atoms with E-state index in [2.05, 4.69) is 127 Å². The average Bonchev–Trinajstić information content (AvgIpc) is 1.64. The summed E-state index contributed by atoms with van der Waals surface area (Å²) in [4.78, 5) is 124. The van der Waals surface area contributed by atoms with E-state index in [1.165, 1.54) is 40.4 Å². The Bertz CT molecular complexity index is 5370. The van der Waals surface area contributed by atoms with Crippen LogP contribution >= 0.6 is 45.3 Å². The monoisotopic (exact) mass is 1600 g/mol. The summed E-state index contributed by atoms with van der Waals surface area (Å²) in [6.45, 7) is 19.1. The molecule has 0 aliphatic carbocycles. The van der Waals surface area contributed by atoms with Crippen LogP contribution in [0, 0.1) is 0 Å². The maximum absolute atomic E-state index is 12.7. The number of benzene rings is 3. The number of rotatable bonds is 19. The number of nitrogens with zero attached hydrogens (tertiary/aromatic N) is 22. The Kier molecular flexibility index (Phi) is 25.0. The predicted octanol–water partition coefficient (Wildman–Crippen LogP) is 10.3. The molecule has 14 heterocycles. The number of carbonyl (C=O) groups is 4. The predicted molar refractivity (Wildman–Crippen MR) is 430 cm³/mol. The van der Waals surface area contributed by atoms with Crippen LogP contribution in [-0.4, -0.2) is 238 Å². The normalized spacial score (nSPS) is 14.9. The van der Waals surface area contributed by atoms with Gasteiger partial charge in [0.15, 0.2) is 6.61 Å². The third-order valence-corrected chi connectivity index (χ3v) is 24.6. The van der Waals surface area contributed by atoms with Crippen LogP contribution in [0.25, 0.3) is 62.9 Å². The Labute approximate surface area is 659 Å². The molecule has 4 amide bonds. The number of carbonyl (C=O) groups excluding carboxylic acids is 4. The summed E-state index contributed by atoms with van der Waals surface area (Å²) in [5, 5.41) is 20.4. The Hall–Kier alpha value is -10.9. The Morgan fingerprint density at radius 3 is 1.12 bits per heavy atom. The van der Waals surface area contributed by atoms with Gasteiger partial charge < -0.3 is 48.9 Å². The van der Waals surface area contributed by atoms with Crippen LogP contribution in [0.4, 0.5) is 36.4 Å². The Balaban J connectivity index is 0.000000125. The summed E-state index contributed by atoms with van der Waals surface area (Å²) >= 11 is 6.80. The van der Waals surface area contributed by atoms with E-state index in [0.717, 1.165) is 170 Å². The molecule has 3 aromatic carbocycles. The average molecular weight is 1600 g/mol. The second kappa shape index (κ2) is 36.1. The van der Waals surface area contributed by atoms with Crippen molar-refractivity contribution in [1.29, 1.82) is 0 Å². The number of piperazine rings is 4. The molecule has 4 aliphatic rings. The number of hydrogen-bond acceptors (Lipinski definition) is 26. The smallest absolute Gasteiger partial charge is 0.395 e. The Morgan fingerprint density at radius 2 is 0.741 bits per heavy atom. The number of alkyl halides is 3. The van der Waals surface area contributed by atoms with Crippen molar-refractivity contribution in [1.82, 2.24) is 89.8 Å². The second-order valence-electron chi connectivity index (χ2n) is 27.0. The standard InChI is InChI=1S/C22H25N7O2S.C20H21N7O2S.C20H22N4OS.C15H17F3N4OS/c1-2-16-14-17-21(23-15-24-22(17)32-16)28-11-9-27(10-12-28)20(30)8-5-13-31-29-19-7-4-3-6-18(19)25-26-29;1-2-14-11-15-19(21-13-22-20(15)30-14)26-9-7-25(8-10-26)18(28)12-29-27-17-6-4-3-5-16(17)23-24-27;1-2-16-13-17-19(21-14-22-20(17)26-16)24-10-8-23(9-11-24)18(25)12-15-6-4-3-5-7-15;1-2-10-7-11-13(19-9-20-14(11)24-10)22-5-3-21(4-6-22)12(23)8-15(16,17)18/h3-4,6-7,14-15H,2,5,8-13H2,1H3;3-6,11,13H,2,7-10,12H2,1H3;3-7,13-14H,2,8-12H2,1H3;7,9H,2-6,8H2,1H3. The van der Waals surface area contributed by atoms with Gasteiger partial charge in [-0.25, -0.2) is 39.9 Å². The molecule has 0 bridgehead atoms. The summed E-state index contributed by atoms with van der Waals surface area (Å²) in [6.07, 6.45) is 6.06. The minimum Gasteiger partial charge on any atom is -0.395 e. The van der Waals surface area contributed by atoms with Crippen molar-refractivity contribution in [2.24, 2.45) is 0 Å². The van der Waals surface area contributed by atoms with Crippen molar-refractivity contribution >= 4 is 155 Å². The van der Waals surface area contributed by atoms with E-state index in [1.54, 1.807) is 64.3 Å². The molecule has 0 unspecified atom stereocenters. The molecule has 4 fully saturated rings. The first kappa shape index (κ1) is 77.8. The van der Waals surface area contributed by atoms with Gasteiger partial charge in [-0.1, -0.05) is 92.0 Å². The maximum Gasteiger partial charge on any atom is 0.397 e. The molecule has 0 spiro atoms. The van der Waals surface area contributed by atoms with Crippen LogP contribution in [0.2, 0.25) is 0 Å². The summed E-state index contributed by atoms with van der Waals surface area (Å²) in [5.74, 6) is 3.16. The Morgan fingerprint density at radius 1 is 0.402 bits per heavy atom. The number of thiophene rings is 4. The molecule has 13 aromatic rings. The van der Waals surface area contributed by atoms with Gasteiger partial charge in [-0.2, -0.15) is 13.2 Å². The van der Waals surface area contributed by atoms with Crippen molar-refractivity contribution < 1.29 is 42.0 Å². The topological polar surface area (TPSA) is 277 Å². The van der Waals surface area contributed by atoms with Gasteiger partial charge in [0.2, 0.25) is 17.7 Å². The zero-order chi connectivity index (χ0) is 77.7. The molecule has 28 nitrogen and oxygen atoms in total. The lowest BCUT2D eigenvalue weighted by molar-refractivity contribution is -0.161. The van der Waals surface area contributed by atoms with Gasteiger partial charge >= 0.3 is 6.18 Å².